The van der Waals surface area contributed by atoms with Crippen LogP contribution in [0.1, 0.15) is 75.0 Å². The summed E-state index contributed by atoms with van der Waals surface area (Å²) in [4.78, 5) is 39.7. The number of aliphatic hydroxyl groups is 1. The van der Waals surface area contributed by atoms with Gasteiger partial charge in [0.15, 0.2) is 0 Å². The van der Waals surface area contributed by atoms with Crippen LogP contribution in [0.5, 0.6) is 0 Å². The van der Waals surface area contributed by atoms with Gasteiger partial charge in [-0.3, -0.25) is 14.4 Å². The highest BCUT2D eigenvalue weighted by molar-refractivity contribution is 5.86. The monoisotopic (exact) mass is 574 g/mol. The minimum atomic E-state index is -0.685. The van der Waals surface area contributed by atoms with Crippen LogP contribution in [0.4, 0.5) is 0 Å². The maximum Gasteiger partial charge on any atom is 0.309 e. The number of nitrogens with one attached hydrogen (secondary N) is 2. The Morgan fingerprint density at radius 3 is 2.24 bits per heavy atom. The summed E-state index contributed by atoms with van der Waals surface area (Å²) < 4.78 is 6.08. The molecule has 2 amide bonds. The molecule has 7 heteroatoms. The minimum absolute atomic E-state index is 0.0160. The quantitative estimate of drug-likeness (QED) is 0.122. The highest BCUT2D eigenvalue weighted by Gasteiger charge is 2.35. The lowest BCUT2D eigenvalue weighted by atomic mass is 9.94. The van der Waals surface area contributed by atoms with Crippen molar-refractivity contribution in [1.82, 2.24) is 10.6 Å². The van der Waals surface area contributed by atoms with E-state index in [1.165, 1.54) is 0 Å². The van der Waals surface area contributed by atoms with Gasteiger partial charge in [0.2, 0.25) is 11.8 Å². The number of ether oxygens (including phenoxy) is 1. The van der Waals surface area contributed by atoms with Crippen molar-refractivity contribution >= 4 is 17.8 Å². The van der Waals surface area contributed by atoms with Gasteiger partial charge in [-0.25, -0.2) is 0 Å². The molecule has 3 rings (SSSR count). The first-order valence-corrected chi connectivity index (χ1v) is 15.1. The summed E-state index contributed by atoms with van der Waals surface area (Å²) in [5.74, 6) is -1.84. The van der Waals surface area contributed by atoms with Crippen molar-refractivity contribution in [2.45, 2.75) is 75.9 Å². The highest BCUT2D eigenvalue weighted by atomic mass is 16.5. The maximum absolute atomic E-state index is 13.5. The number of benzene rings is 2. The second-order valence-electron chi connectivity index (χ2n) is 11.3. The molecule has 1 saturated carbocycles. The summed E-state index contributed by atoms with van der Waals surface area (Å²) in [5.41, 5.74) is 1.24. The lowest BCUT2D eigenvalue weighted by Crippen LogP contribution is -2.50. The third-order valence-corrected chi connectivity index (χ3v) is 8.03. The van der Waals surface area contributed by atoms with Crippen LogP contribution in [0.15, 0.2) is 86.0 Å². The van der Waals surface area contributed by atoms with E-state index in [0.717, 1.165) is 49.7 Å². The Morgan fingerprint density at radius 2 is 1.62 bits per heavy atom. The van der Waals surface area contributed by atoms with Crippen molar-refractivity contribution < 1.29 is 24.2 Å². The number of esters is 1. The predicted molar refractivity (Wildman–Crippen MR) is 165 cm³/mol. The van der Waals surface area contributed by atoms with Crippen molar-refractivity contribution in [1.29, 1.82) is 0 Å². The van der Waals surface area contributed by atoms with E-state index in [1.54, 1.807) is 6.08 Å². The Kier molecular flexibility index (Phi) is 13.5. The average molecular weight is 575 g/mol. The van der Waals surface area contributed by atoms with Crippen molar-refractivity contribution in [2.75, 3.05) is 13.2 Å². The molecule has 226 valence electrons. The van der Waals surface area contributed by atoms with Gasteiger partial charge < -0.3 is 20.5 Å². The molecule has 0 aliphatic heterocycles. The zero-order valence-electron chi connectivity index (χ0n) is 24.6. The molecule has 2 aromatic rings. The van der Waals surface area contributed by atoms with Crippen molar-refractivity contribution in [3.63, 3.8) is 0 Å². The number of hydrogen-bond acceptors (Lipinski definition) is 5. The first-order chi connectivity index (χ1) is 20.4. The maximum atomic E-state index is 13.5. The van der Waals surface area contributed by atoms with E-state index in [4.69, 9.17) is 4.74 Å². The van der Waals surface area contributed by atoms with Crippen LogP contribution in [0.25, 0.3) is 0 Å². The zero-order valence-corrected chi connectivity index (χ0v) is 24.6. The molecule has 0 aromatic heterocycles. The fourth-order valence-corrected chi connectivity index (χ4v) is 5.61. The average Bonchev–Trinajstić information content (AvgIpc) is 3.48. The highest BCUT2D eigenvalue weighted by Crippen LogP contribution is 2.29. The van der Waals surface area contributed by atoms with Gasteiger partial charge in [0.05, 0.1) is 30.5 Å². The molecule has 42 heavy (non-hydrogen) atoms. The number of rotatable bonds is 18. The normalized spacial score (nSPS) is 16.0. The molecule has 0 unspecified atom stereocenters. The van der Waals surface area contributed by atoms with Gasteiger partial charge in [0.1, 0.15) is 6.10 Å². The Balaban J connectivity index is 1.68. The molecule has 1 fully saturated rings. The Labute approximate surface area is 250 Å². The summed E-state index contributed by atoms with van der Waals surface area (Å²) in [6.07, 6.45) is 9.35. The standard InChI is InChI=1S/C35H46N2O5/c1-3-5-8-20-30(23-27-16-9-6-10-17-27)34(41)42-31(28-18-11-7-12-19-28)25-36-33(40)29(15-4-2)24-32(39)37-35(26-38)21-13-14-22-35/h3-4,6-7,9-12,16-19,29-31,38H,1-2,5,8,13-15,20-26H2,(H,36,40)(H,37,39)/t29-,30+,31+/m0/s1. The number of carbonyl (C=O) groups is 3. The number of unbranched alkanes of at least 4 members (excludes halogenated alkanes) is 1. The topological polar surface area (TPSA) is 105 Å². The molecule has 3 atom stereocenters. The van der Waals surface area contributed by atoms with Crippen LogP contribution in [0, 0.1) is 11.8 Å². The number of amides is 2. The van der Waals surface area contributed by atoms with Gasteiger partial charge in [-0.15, -0.1) is 13.2 Å². The predicted octanol–water partition coefficient (Wildman–Crippen LogP) is 5.61. The Hall–Kier alpha value is -3.71. The molecule has 1 aliphatic rings. The largest absolute Gasteiger partial charge is 0.455 e. The van der Waals surface area contributed by atoms with Crippen LogP contribution in [-0.4, -0.2) is 41.6 Å². The lowest BCUT2D eigenvalue weighted by Gasteiger charge is -2.29. The van der Waals surface area contributed by atoms with Crippen LogP contribution in [0.3, 0.4) is 0 Å². The molecule has 7 nitrogen and oxygen atoms in total. The van der Waals surface area contributed by atoms with Gasteiger partial charge in [0.25, 0.3) is 0 Å². The van der Waals surface area contributed by atoms with E-state index in [2.05, 4.69) is 23.8 Å². The number of carbonyl (C=O) groups excluding carboxylic acids is 3. The fourth-order valence-electron chi connectivity index (χ4n) is 5.61. The van der Waals surface area contributed by atoms with Gasteiger partial charge in [-0.1, -0.05) is 85.7 Å². The van der Waals surface area contributed by atoms with Crippen molar-refractivity contribution in [3.8, 4) is 0 Å². The van der Waals surface area contributed by atoms with E-state index in [9.17, 15) is 19.5 Å². The molecular weight excluding hydrogens is 528 g/mol. The molecule has 2 aromatic carbocycles. The molecule has 1 aliphatic carbocycles. The summed E-state index contributed by atoms with van der Waals surface area (Å²) in [5, 5.41) is 15.8. The third-order valence-electron chi connectivity index (χ3n) is 8.03. The van der Waals surface area contributed by atoms with E-state index >= 15 is 0 Å². The molecule has 0 bridgehead atoms. The lowest BCUT2D eigenvalue weighted by molar-refractivity contribution is -0.155. The van der Waals surface area contributed by atoms with Crippen LogP contribution in [0.2, 0.25) is 0 Å². The number of aliphatic hydroxyl groups excluding tert-OH is 1. The van der Waals surface area contributed by atoms with Crippen molar-refractivity contribution in [2.24, 2.45) is 11.8 Å². The molecule has 0 heterocycles. The first-order valence-electron chi connectivity index (χ1n) is 15.1. The molecule has 0 radical (unpaired) electrons. The third kappa shape index (κ3) is 10.3. The van der Waals surface area contributed by atoms with Crippen molar-refractivity contribution in [3.05, 3.63) is 97.1 Å². The molecule has 3 N–H and O–H groups in total. The van der Waals surface area contributed by atoms with E-state index in [0.29, 0.717) is 19.3 Å². The van der Waals surface area contributed by atoms with E-state index in [1.807, 2.05) is 66.7 Å². The SMILES string of the molecule is C=CCCC[C@H](Cc1ccccc1)C(=O)O[C@H](CNC(=O)[C@@H](CC=C)CC(=O)NC1(CO)CCCC1)c1ccccc1. The smallest absolute Gasteiger partial charge is 0.309 e. The summed E-state index contributed by atoms with van der Waals surface area (Å²) in [7, 11) is 0. The first kappa shape index (κ1) is 32.8. The van der Waals surface area contributed by atoms with E-state index < -0.39 is 17.6 Å². The van der Waals surface area contributed by atoms with Crippen LogP contribution in [-0.2, 0) is 25.5 Å². The molecular formula is C35H46N2O5. The van der Waals surface area contributed by atoms with Crippen LogP contribution >= 0.6 is 0 Å². The fraction of sp³-hybridized carbons (Fsp3) is 0.457. The van der Waals surface area contributed by atoms with Gasteiger partial charge in [0, 0.05) is 6.42 Å². The second kappa shape index (κ2) is 17.3. The Morgan fingerprint density at radius 1 is 0.952 bits per heavy atom. The summed E-state index contributed by atoms with van der Waals surface area (Å²) >= 11 is 0. The molecule has 0 saturated heterocycles. The van der Waals surface area contributed by atoms with Crippen LogP contribution < -0.4 is 10.6 Å². The van der Waals surface area contributed by atoms with Gasteiger partial charge in [-0.05, 0) is 56.1 Å². The minimum Gasteiger partial charge on any atom is -0.455 e. The number of allylic oxidation sites excluding steroid dienone is 2. The zero-order chi connectivity index (χ0) is 30.2. The number of hydrogen-bond donors (Lipinski definition) is 3. The molecule has 0 spiro atoms. The summed E-state index contributed by atoms with van der Waals surface area (Å²) in [6.45, 7) is 7.52. The van der Waals surface area contributed by atoms with Gasteiger partial charge in [-0.2, -0.15) is 0 Å². The van der Waals surface area contributed by atoms with Gasteiger partial charge >= 0.3 is 5.97 Å². The van der Waals surface area contributed by atoms with E-state index in [-0.39, 0.29) is 43.3 Å². The Bertz CT molecular complexity index is 1140. The second-order valence-corrected chi connectivity index (χ2v) is 11.3. The summed E-state index contributed by atoms with van der Waals surface area (Å²) in [6, 6.07) is 19.3.